The predicted molar refractivity (Wildman–Crippen MR) is 51.8 cm³/mol. The smallest absolute Gasteiger partial charge is 0.274 e. The van der Waals surface area contributed by atoms with Crippen molar-refractivity contribution in [2.75, 3.05) is 12.3 Å². The van der Waals surface area contributed by atoms with Gasteiger partial charge in [-0.1, -0.05) is 0 Å². The quantitative estimate of drug-likeness (QED) is 0.521. The van der Waals surface area contributed by atoms with Crippen molar-refractivity contribution < 1.29 is 9.90 Å². The monoisotopic (exact) mass is 198 g/mol. The van der Waals surface area contributed by atoms with Crippen molar-refractivity contribution in [1.82, 2.24) is 15.5 Å². The number of hydrogen-bond acceptors (Lipinski definition) is 4. The van der Waals surface area contributed by atoms with Crippen molar-refractivity contribution in [3.05, 3.63) is 11.4 Å². The molecule has 0 spiro atoms. The van der Waals surface area contributed by atoms with Crippen molar-refractivity contribution >= 4 is 11.6 Å². The Bertz CT molecular complexity index is 334. The lowest BCUT2D eigenvalue weighted by Crippen LogP contribution is -2.35. The van der Waals surface area contributed by atoms with Crippen LogP contribution in [-0.2, 0) is 0 Å². The van der Waals surface area contributed by atoms with Crippen LogP contribution in [-0.4, -0.2) is 33.9 Å². The zero-order chi connectivity index (χ0) is 10.7. The van der Waals surface area contributed by atoms with Gasteiger partial charge in [-0.3, -0.25) is 9.89 Å². The van der Waals surface area contributed by atoms with Gasteiger partial charge in [0.05, 0.1) is 18.0 Å². The third-order valence-corrected chi connectivity index (χ3v) is 1.86. The van der Waals surface area contributed by atoms with Crippen molar-refractivity contribution in [2.24, 2.45) is 0 Å². The van der Waals surface area contributed by atoms with Crippen molar-refractivity contribution in [3.8, 4) is 0 Å². The zero-order valence-electron chi connectivity index (χ0n) is 8.16. The van der Waals surface area contributed by atoms with Gasteiger partial charge in [0.2, 0.25) is 0 Å². The van der Waals surface area contributed by atoms with Gasteiger partial charge < -0.3 is 16.2 Å². The number of aliphatic hydroxyl groups is 1. The average molecular weight is 198 g/mol. The number of carbonyl (C=O) groups excluding carboxylic acids is 1. The number of carbonyl (C=O) groups is 1. The van der Waals surface area contributed by atoms with E-state index >= 15 is 0 Å². The Hall–Kier alpha value is -1.56. The van der Waals surface area contributed by atoms with E-state index in [-0.39, 0.29) is 24.2 Å². The summed E-state index contributed by atoms with van der Waals surface area (Å²) in [5.41, 5.74) is 6.77. The van der Waals surface area contributed by atoms with Gasteiger partial charge in [0.25, 0.3) is 5.91 Å². The van der Waals surface area contributed by atoms with Crippen molar-refractivity contribution in [2.45, 2.75) is 19.9 Å². The molecule has 78 valence electrons. The topological polar surface area (TPSA) is 104 Å². The molecule has 0 saturated carbocycles. The molecule has 6 heteroatoms. The Morgan fingerprint density at radius 3 is 2.86 bits per heavy atom. The summed E-state index contributed by atoms with van der Waals surface area (Å²) >= 11 is 0. The molecule has 1 atom stereocenters. The zero-order valence-corrected chi connectivity index (χ0v) is 8.16. The Morgan fingerprint density at radius 1 is 1.79 bits per heavy atom. The fourth-order valence-electron chi connectivity index (χ4n) is 0.949. The molecule has 0 radical (unpaired) electrons. The molecular weight excluding hydrogens is 184 g/mol. The number of anilines is 1. The molecule has 1 aromatic rings. The summed E-state index contributed by atoms with van der Waals surface area (Å²) in [7, 11) is 0. The lowest BCUT2D eigenvalue weighted by Gasteiger charge is -2.09. The number of nitrogens with zero attached hydrogens (tertiary/aromatic N) is 1. The third kappa shape index (κ3) is 2.02. The first-order chi connectivity index (χ1) is 6.56. The number of amides is 1. The molecular formula is C8H14N4O2. The van der Waals surface area contributed by atoms with E-state index in [0.717, 1.165) is 0 Å². The fourth-order valence-corrected chi connectivity index (χ4v) is 0.949. The molecule has 1 aromatic heterocycles. The molecule has 0 aliphatic heterocycles. The van der Waals surface area contributed by atoms with Crippen molar-refractivity contribution in [1.29, 1.82) is 0 Å². The number of aliphatic hydroxyl groups excluding tert-OH is 1. The van der Waals surface area contributed by atoms with Crippen LogP contribution in [0.1, 0.15) is 23.1 Å². The average Bonchev–Trinajstić information content (AvgIpc) is 2.47. The maximum Gasteiger partial charge on any atom is 0.274 e. The number of aromatic amines is 1. The first-order valence-corrected chi connectivity index (χ1v) is 4.28. The molecule has 0 bridgehead atoms. The lowest BCUT2D eigenvalue weighted by molar-refractivity contribution is 0.0918. The summed E-state index contributed by atoms with van der Waals surface area (Å²) in [5.74, 6) is -0.381. The van der Waals surface area contributed by atoms with Crippen LogP contribution < -0.4 is 11.1 Å². The molecule has 0 unspecified atom stereocenters. The summed E-state index contributed by atoms with van der Waals surface area (Å²) in [4.78, 5) is 11.5. The van der Waals surface area contributed by atoms with E-state index in [1.165, 1.54) is 0 Å². The van der Waals surface area contributed by atoms with Gasteiger partial charge in [-0.05, 0) is 13.8 Å². The standard InChI is InChI=1S/C8H14N4O2/c1-4(3-13)10-8(14)7-6(9)5(2)11-12-7/h4,13H,3,9H2,1-2H3,(H,10,14)(H,11,12)/t4-/m0/s1. The number of rotatable bonds is 3. The molecule has 0 aromatic carbocycles. The maximum atomic E-state index is 11.5. The van der Waals surface area contributed by atoms with Gasteiger partial charge in [-0.15, -0.1) is 0 Å². The Balaban J connectivity index is 2.75. The third-order valence-electron chi connectivity index (χ3n) is 1.86. The second-order valence-electron chi connectivity index (χ2n) is 3.17. The van der Waals surface area contributed by atoms with Gasteiger partial charge in [0, 0.05) is 6.04 Å². The SMILES string of the molecule is Cc1[nH]nc(C(=O)N[C@@H](C)CO)c1N. The summed E-state index contributed by atoms with van der Waals surface area (Å²) in [6.45, 7) is 3.30. The highest BCUT2D eigenvalue weighted by Crippen LogP contribution is 2.11. The maximum absolute atomic E-state index is 11.5. The van der Waals surface area contributed by atoms with Crippen LogP contribution in [0.2, 0.25) is 0 Å². The summed E-state index contributed by atoms with van der Waals surface area (Å²) < 4.78 is 0. The Morgan fingerprint density at radius 2 is 2.43 bits per heavy atom. The minimum absolute atomic E-state index is 0.116. The van der Waals surface area contributed by atoms with Gasteiger partial charge in [0.1, 0.15) is 0 Å². The van der Waals surface area contributed by atoms with Crippen LogP contribution in [0, 0.1) is 6.92 Å². The molecule has 6 nitrogen and oxygen atoms in total. The minimum atomic E-state index is -0.381. The van der Waals surface area contributed by atoms with Gasteiger partial charge >= 0.3 is 0 Å². The van der Waals surface area contributed by atoms with Crippen LogP contribution in [0.3, 0.4) is 0 Å². The Kier molecular flexibility index (Phi) is 3.08. The van der Waals surface area contributed by atoms with Gasteiger partial charge in [0.15, 0.2) is 5.69 Å². The van der Waals surface area contributed by atoms with E-state index < -0.39 is 0 Å². The number of aromatic nitrogens is 2. The van der Waals surface area contributed by atoms with E-state index in [0.29, 0.717) is 11.4 Å². The molecule has 0 fully saturated rings. The van der Waals surface area contributed by atoms with Crippen molar-refractivity contribution in [3.63, 3.8) is 0 Å². The number of aryl methyl sites for hydroxylation is 1. The van der Waals surface area contributed by atoms with Crippen LogP contribution in [0.15, 0.2) is 0 Å². The summed E-state index contributed by atoms with van der Waals surface area (Å²) in [6.07, 6.45) is 0. The first kappa shape index (κ1) is 10.5. The van der Waals surface area contributed by atoms with Gasteiger partial charge in [-0.2, -0.15) is 5.10 Å². The van der Waals surface area contributed by atoms with Gasteiger partial charge in [-0.25, -0.2) is 0 Å². The number of hydrogen-bond donors (Lipinski definition) is 4. The highest BCUT2D eigenvalue weighted by Gasteiger charge is 2.16. The summed E-state index contributed by atoms with van der Waals surface area (Å²) in [6, 6.07) is -0.307. The van der Waals surface area contributed by atoms with E-state index in [1.807, 2.05) is 0 Å². The highest BCUT2D eigenvalue weighted by molar-refractivity contribution is 5.97. The molecule has 1 rings (SSSR count). The molecule has 0 aliphatic rings. The minimum Gasteiger partial charge on any atom is -0.395 e. The number of nitrogens with two attached hydrogens (primary N) is 1. The largest absolute Gasteiger partial charge is 0.395 e. The van der Waals surface area contributed by atoms with E-state index in [1.54, 1.807) is 13.8 Å². The molecule has 1 heterocycles. The summed E-state index contributed by atoms with van der Waals surface area (Å²) in [5, 5.41) is 17.6. The second-order valence-corrected chi connectivity index (χ2v) is 3.17. The van der Waals surface area contributed by atoms with Crippen LogP contribution in [0.4, 0.5) is 5.69 Å². The van der Waals surface area contributed by atoms with E-state index in [4.69, 9.17) is 10.8 Å². The number of nitrogens with one attached hydrogen (secondary N) is 2. The molecule has 14 heavy (non-hydrogen) atoms. The predicted octanol–water partition coefficient (Wildman–Crippen LogP) is -0.589. The van der Waals surface area contributed by atoms with Crippen LogP contribution >= 0.6 is 0 Å². The fraction of sp³-hybridized carbons (Fsp3) is 0.500. The molecule has 0 saturated heterocycles. The second kappa shape index (κ2) is 4.10. The van der Waals surface area contributed by atoms with Crippen LogP contribution in [0.25, 0.3) is 0 Å². The Labute approximate surface area is 81.5 Å². The highest BCUT2D eigenvalue weighted by atomic mass is 16.3. The van der Waals surface area contributed by atoms with Crippen LogP contribution in [0.5, 0.6) is 0 Å². The first-order valence-electron chi connectivity index (χ1n) is 4.28. The molecule has 0 aliphatic carbocycles. The number of H-pyrrole nitrogens is 1. The van der Waals surface area contributed by atoms with E-state index in [9.17, 15) is 4.79 Å². The molecule has 5 N–H and O–H groups in total. The van der Waals surface area contributed by atoms with E-state index in [2.05, 4.69) is 15.5 Å². The number of nitrogen functional groups attached to an aromatic ring is 1. The molecule has 1 amide bonds. The lowest BCUT2D eigenvalue weighted by atomic mass is 10.2. The normalized spacial score (nSPS) is 12.5.